The summed E-state index contributed by atoms with van der Waals surface area (Å²) in [5, 5.41) is 12.4. The molecular formula is C53H31N3S. The molecule has 0 N–H and O–H groups in total. The van der Waals surface area contributed by atoms with Gasteiger partial charge in [0.2, 0.25) is 0 Å². The minimum Gasteiger partial charge on any atom is -0.309 e. The van der Waals surface area contributed by atoms with Gasteiger partial charge in [0.1, 0.15) is 0 Å². The third kappa shape index (κ3) is 4.39. The third-order valence-electron chi connectivity index (χ3n) is 12.1. The van der Waals surface area contributed by atoms with E-state index in [1.807, 2.05) is 11.3 Å². The maximum Gasteiger partial charge on any atom is 0.0917 e. The molecule has 4 heterocycles. The van der Waals surface area contributed by atoms with Crippen molar-refractivity contribution < 1.29 is 0 Å². The molecule has 0 radical (unpaired) electrons. The summed E-state index contributed by atoms with van der Waals surface area (Å²) in [5.74, 6) is 0. The Hall–Kier alpha value is -7.27. The molecule has 0 atom stereocenters. The van der Waals surface area contributed by atoms with Crippen molar-refractivity contribution >= 4 is 108 Å². The zero-order valence-electron chi connectivity index (χ0n) is 30.6. The van der Waals surface area contributed by atoms with Crippen LogP contribution in [0.3, 0.4) is 0 Å². The molecule has 4 aromatic heterocycles. The van der Waals surface area contributed by atoms with Crippen molar-refractivity contribution in [1.29, 1.82) is 0 Å². The van der Waals surface area contributed by atoms with Gasteiger partial charge in [-0.3, -0.25) is 0 Å². The SMILES string of the molecule is c1ccc2cc(-n3c4ccccc4c4cc(-c5ccc6c(c5)c5c7ccccc7ccc5n6-c5c6ccccc6nc6c5sc5ccccc56)ccc43)ccc2c1. The van der Waals surface area contributed by atoms with Crippen molar-refractivity contribution in [3.8, 4) is 22.5 Å². The Morgan fingerprint density at radius 3 is 1.86 bits per heavy atom. The van der Waals surface area contributed by atoms with Gasteiger partial charge in [0.05, 0.1) is 43.5 Å². The standard InChI is InChI=1S/C53H31N3S/c1-2-13-34-29-37(25-21-32(34)11-1)55-45-19-9-6-15-39(45)42-30-35(23-26-46(42)55)36-24-27-47-43(31-36)50-38-14-4-3-12-33(38)22-28-48(50)56(47)52-40-16-5-8-18-44(40)54-51-41-17-7-10-20-49(41)57-53(51)52/h1-31H. The van der Waals surface area contributed by atoms with E-state index >= 15 is 0 Å². The van der Waals surface area contributed by atoms with Gasteiger partial charge >= 0.3 is 0 Å². The summed E-state index contributed by atoms with van der Waals surface area (Å²) >= 11 is 1.84. The van der Waals surface area contributed by atoms with E-state index in [-0.39, 0.29) is 0 Å². The number of para-hydroxylation sites is 2. The monoisotopic (exact) mass is 741 g/mol. The van der Waals surface area contributed by atoms with E-state index in [0.29, 0.717) is 0 Å². The number of thiophene rings is 1. The first-order valence-corrected chi connectivity index (χ1v) is 20.3. The number of nitrogens with zero attached hydrogens (tertiary/aromatic N) is 3. The minimum absolute atomic E-state index is 1.01. The Bertz CT molecular complexity index is 3820. The molecule has 264 valence electrons. The minimum atomic E-state index is 1.01. The van der Waals surface area contributed by atoms with Gasteiger partial charge in [0.25, 0.3) is 0 Å². The highest BCUT2D eigenvalue weighted by Crippen LogP contribution is 2.45. The molecule has 0 saturated heterocycles. The summed E-state index contributed by atoms with van der Waals surface area (Å²) in [4.78, 5) is 5.28. The van der Waals surface area contributed by atoms with Gasteiger partial charge in [-0.2, -0.15) is 0 Å². The van der Waals surface area contributed by atoms with Crippen LogP contribution < -0.4 is 0 Å². The number of hydrogen-bond acceptors (Lipinski definition) is 2. The van der Waals surface area contributed by atoms with Gasteiger partial charge in [-0.15, -0.1) is 11.3 Å². The summed E-state index contributed by atoms with van der Waals surface area (Å²) < 4.78 is 7.39. The van der Waals surface area contributed by atoms with Crippen molar-refractivity contribution in [1.82, 2.24) is 14.1 Å². The fraction of sp³-hybridized carbons (Fsp3) is 0. The Labute approximate surface area is 330 Å². The van der Waals surface area contributed by atoms with Crippen LogP contribution in [0, 0.1) is 0 Å². The summed E-state index contributed by atoms with van der Waals surface area (Å²) in [7, 11) is 0. The highest BCUT2D eigenvalue weighted by molar-refractivity contribution is 7.26. The molecule has 0 amide bonds. The predicted octanol–water partition coefficient (Wildman–Crippen LogP) is 14.8. The van der Waals surface area contributed by atoms with E-state index in [9.17, 15) is 0 Å². The zero-order chi connectivity index (χ0) is 37.2. The van der Waals surface area contributed by atoms with Crippen LogP contribution >= 0.6 is 11.3 Å². The fourth-order valence-electron chi connectivity index (χ4n) is 9.50. The van der Waals surface area contributed by atoms with Crippen molar-refractivity contribution in [2.75, 3.05) is 0 Å². The van der Waals surface area contributed by atoms with Crippen LogP contribution in [0.2, 0.25) is 0 Å². The Balaban J connectivity index is 1.09. The second-order valence-corrected chi connectivity index (χ2v) is 16.2. The largest absolute Gasteiger partial charge is 0.309 e. The van der Waals surface area contributed by atoms with Crippen molar-refractivity contribution in [3.05, 3.63) is 188 Å². The average molecular weight is 742 g/mol. The molecule has 4 heteroatoms. The number of hydrogen-bond donors (Lipinski definition) is 0. The maximum atomic E-state index is 5.28. The van der Waals surface area contributed by atoms with Gasteiger partial charge in [0, 0.05) is 42.7 Å². The van der Waals surface area contributed by atoms with E-state index in [4.69, 9.17) is 4.98 Å². The summed E-state index contributed by atoms with van der Waals surface area (Å²) in [6.07, 6.45) is 0. The molecule has 0 unspecified atom stereocenters. The van der Waals surface area contributed by atoms with Crippen LogP contribution in [0.15, 0.2) is 188 Å². The van der Waals surface area contributed by atoms with E-state index in [0.717, 1.165) is 16.4 Å². The highest BCUT2D eigenvalue weighted by atomic mass is 32.1. The summed E-state index contributed by atoms with van der Waals surface area (Å²) in [5.41, 5.74) is 11.6. The molecule has 0 aliphatic carbocycles. The Morgan fingerprint density at radius 2 is 1.00 bits per heavy atom. The maximum absolute atomic E-state index is 5.28. The lowest BCUT2D eigenvalue weighted by Crippen LogP contribution is -1.97. The summed E-state index contributed by atoms with van der Waals surface area (Å²) in [6, 6.07) is 69.0. The molecule has 0 aliphatic rings. The fourth-order valence-corrected chi connectivity index (χ4v) is 10.7. The molecule has 3 nitrogen and oxygen atoms in total. The van der Waals surface area contributed by atoms with E-state index < -0.39 is 0 Å². The highest BCUT2D eigenvalue weighted by Gasteiger charge is 2.22. The quantitative estimate of drug-likeness (QED) is 0.177. The molecule has 0 fully saturated rings. The lowest BCUT2D eigenvalue weighted by atomic mass is 9.99. The van der Waals surface area contributed by atoms with Crippen LogP contribution in [0.5, 0.6) is 0 Å². The lowest BCUT2D eigenvalue weighted by molar-refractivity contribution is 1.19. The summed E-state index contributed by atoms with van der Waals surface area (Å²) in [6.45, 7) is 0. The number of rotatable bonds is 3. The van der Waals surface area contributed by atoms with E-state index in [1.165, 1.54) is 102 Å². The number of benzene rings is 9. The van der Waals surface area contributed by atoms with E-state index in [1.54, 1.807) is 0 Å². The number of pyridine rings is 1. The predicted molar refractivity (Wildman–Crippen MR) is 244 cm³/mol. The van der Waals surface area contributed by atoms with Crippen LogP contribution in [-0.4, -0.2) is 14.1 Å². The molecule has 13 aromatic rings. The molecular weight excluding hydrogens is 711 g/mol. The molecule has 13 rings (SSSR count). The third-order valence-corrected chi connectivity index (χ3v) is 13.2. The second kappa shape index (κ2) is 11.6. The normalized spacial score (nSPS) is 12.2. The second-order valence-electron chi connectivity index (χ2n) is 15.1. The van der Waals surface area contributed by atoms with Gasteiger partial charge in [-0.05, 0) is 93.3 Å². The smallest absolute Gasteiger partial charge is 0.0917 e. The van der Waals surface area contributed by atoms with Gasteiger partial charge in [-0.1, -0.05) is 127 Å². The molecule has 0 spiro atoms. The average Bonchev–Trinajstić information content (AvgIpc) is 3.92. The lowest BCUT2D eigenvalue weighted by Gasteiger charge is -2.13. The van der Waals surface area contributed by atoms with Crippen molar-refractivity contribution in [2.24, 2.45) is 0 Å². The number of fused-ring (bicyclic) bond motifs is 13. The first kappa shape index (κ1) is 31.0. The van der Waals surface area contributed by atoms with Gasteiger partial charge in [-0.25, -0.2) is 4.98 Å². The van der Waals surface area contributed by atoms with Crippen molar-refractivity contribution in [2.45, 2.75) is 0 Å². The van der Waals surface area contributed by atoms with E-state index in [2.05, 4.69) is 197 Å². The zero-order valence-corrected chi connectivity index (χ0v) is 31.5. The Morgan fingerprint density at radius 1 is 0.386 bits per heavy atom. The van der Waals surface area contributed by atoms with Crippen LogP contribution in [0.25, 0.3) is 119 Å². The molecule has 0 aliphatic heterocycles. The van der Waals surface area contributed by atoms with Crippen LogP contribution in [0.1, 0.15) is 0 Å². The molecule has 9 aromatic carbocycles. The molecule has 0 saturated carbocycles. The first-order valence-electron chi connectivity index (χ1n) is 19.5. The van der Waals surface area contributed by atoms with Crippen molar-refractivity contribution in [3.63, 3.8) is 0 Å². The van der Waals surface area contributed by atoms with Crippen LogP contribution in [-0.2, 0) is 0 Å². The van der Waals surface area contributed by atoms with Crippen LogP contribution in [0.4, 0.5) is 0 Å². The first-order chi connectivity index (χ1) is 28.3. The number of aromatic nitrogens is 3. The molecule has 57 heavy (non-hydrogen) atoms. The topological polar surface area (TPSA) is 22.8 Å². The van der Waals surface area contributed by atoms with Gasteiger partial charge in [0.15, 0.2) is 0 Å². The van der Waals surface area contributed by atoms with Gasteiger partial charge < -0.3 is 9.13 Å². The Kier molecular flexibility index (Phi) is 6.32. The molecule has 0 bridgehead atoms.